The third-order valence-electron chi connectivity index (χ3n) is 3.32. The van der Waals surface area contributed by atoms with Gasteiger partial charge in [0.05, 0.1) is 6.54 Å². The summed E-state index contributed by atoms with van der Waals surface area (Å²) in [6.45, 7) is 5.98. The third-order valence-corrected chi connectivity index (χ3v) is 3.91. The van der Waals surface area contributed by atoms with Crippen molar-refractivity contribution in [3.63, 3.8) is 0 Å². The van der Waals surface area contributed by atoms with Gasteiger partial charge in [-0.05, 0) is 30.7 Å². The molecule has 1 aromatic carbocycles. The van der Waals surface area contributed by atoms with Crippen LogP contribution in [-0.2, 0) is 13.0 Å². The Bertz CT molecular complexity index is 431. The van der Waals surface area contributed by atoms with Crippen LogP contribution < -0.4 is 5.32 Å². The Balaban J connectivity index is 2.05. The zero-order valence-electron chi connectivity index (χ0n) is 11.9. The maximum atomic E-state index is 4.71. The second-order valence-electron chi connectivity index (χ2n) is 4.67. The number of hydrogen-bond donors (Lipinski definition) is 1. The first kappa shape index (κ1) is 14.3. The number of aliphatic imine (C=N–C) groups is 1. The largest absolute Gasteiger partial charge is 0.357 e. The highest BCUT2D eigenvalue weighted by Crippen LogP contribution is 2.18. The van der Waals surface area contributed by atoms with Crippen molar-refractivity contribution in [2.24, 2.45) is 4.99 Å². The first-order valence-electron chi connectivity index (χ1n) is 6.94. The fourth-order valence-corrected chi connectivity index (χ4v) is 2.62. The Kier molecular flexibility index (Phi) is 5.58. The Morgan fingerprint density at radius 1 is 1.37 bits per heavy atom. The molecule has 0 fully saturated rings. The summed E-state index contributed by atoms with van der Waals surface area (Å²) >= 11 is 1.84. The lowest BCUT2D eigenvalue weighted by Gasteiger charge is -2.31. The lowest BCUT2D eigenvalue weighted by molar-refractivity contribution is 0.379. The smallest absolute Gasteiger partial charge is 0.194 e. The Hall–Kier alpha value is -1.16. The van der Waals surface area contributed by atoms with Crippen LogP contribution in [0.3, 0.4) is 0 Å². The number of guanidine groups is 1. The van der Waals surface area contributed by atoms with Crippen molar-refractivity contribution in [2.75, 3.05) is 31.6 Å². The van der Waals surface area contributed by atoms with Crippen LogP contribution in [0.1, 0.15) is 18.1 Å². The van der Waals surface area contributed by atoms with E-state index in [1.807, 2.05) is 11.8 Å². The van der Waals surface area contributed by atoms with Crippen LogP contribution in [0.15, 0.2) is 29.3 Å². The number of hydrogen-bond acceptors (Lipinski definition) is 2. The molecule has 1 aromatic rings. The second kappa shape index (κ2) is 7.43. The van der Waals surface area contributed by atoms with Crippen LogP contribution in [0, 0.1) is 0 Å². The van der Waals surface area contributed by atoms with E-state index >= 15 is 0 Å². The fraction of sp³-hybridized carbons (Fsp3) is 0.533. The third kappa shape index (κ3) is 3.90. The quantitative estimate of drug-likeness (QED) is 0.520. The number of benzene rings is 1. The predicted molar refractivity (Wildman–Crippen MR) is 84.9 cm³/mol. The Labute approximate surface area is 120 Å². The number of nitrogens with zero attached hydrogens (tertiary/aromatic N) is 2. The van der Waals surface area contributed by atoms with Gasteiger partial charge < -0.3 is 10.2 Å². The van der Waals surface area contributed by atoms with Gasteiger partial charge in [0.1, 0.15) is 0 Å². The topological polar surface area (TPSA) is 27.6 Å². The van der Waals surface area contributed by atoms with Gasteiger partial charge in [-0.3, -0.25) is 4.99 Å². The maximum absolute atomic E-state index is 4.71. The fourth-order valence-electron chi connectivity index (χ4n) is 2.35. The van der Waals surface area contributed by atoms with E-state index in [1.165, 1.54) is 11.1 Å². The molecule has 1 heterocycles. The zero-order chi connectivity index (χ0) is 13.5. The molecule has 4 heteroatoms. The van der Waals surface area contributed by atoms with Crippen LogP contribution in [-0.4, -0.2) is 42.5 Å². The molecule has 0 spiro atoms. The molecular weight excluding hydrogens is 254 g/mol. The average Bonchev–Trinajstić information content (AvgIpc) is 2.46. The van der Waals surface area contributed by atoms with Crippen molar-refractivity contribution in [2.45, 2.75) is 19.9 Å². The summed E-state index contributed by atoms with van der Waals surface area (Å²) in [6.07, 6.45) is 3.24. The Morgan fingerprint density at radius 2 is 2.16 bits per heavy atom. The molecule has 0 unspecified atom stereocenters. The van der Waals surface area contributed by atoms with Gasteiger partial charge in [-0.1, -0.05) is 24.3 Å². The molecule has 0 saturated heterocycles. The monoisotopic (exact) mass is 277 g/mol. The van der Waals surface area contributed by atoms with E-state index < -0.39 is 0 Å². The first-order valence-corrected chi connectivity index (χ1v) is 8.33. The SMILES string of the molecule is CCNC(=NCCSC)N1CCc2ccccc2C1. The first-order chi connectivity index (χ1) is 9.35. The second-order valence-corrected chi connectivity index (χ2v) is 5.65. The molecule has 0 saturated carbocycles. The van der Waals surface area contributed by atoms with E-state index in [1.54, 1.807) is 0 Å². The number of nitrogens with one attached hydrogen (secondary N) is 1. The highest BCUT2D eigenvalue weighted by molar-refractivity contribution is 7.98. The van der Waals surface area contributed by atoms with Crippen LogP contribution >= 0.6 is 11.8 Å². The van der Waals surface area contributed by atoms with E-state index in [4.69, 9.17) is 4.99 Å². The predicted octanol–water partition coefficient (Wildman–Crippen LogP) is 2.37. The molecule has 1 N–H and O–H groups in total. The molecule has 0 radical (unpaired) electrons. The van der Waals surface area contributed by atoms with Gasteiger partial charge in [0.2, 0.25) is 0 Å². The summed E-state index contributed by atoms with van der Waals surface area (Å²) in [7, 11) is 0. The minimum atomic E-state index is 0.891. The van der Waals surface area contributed by atoms with Crippen molar-refractivity contribution in [1.82, 2.24) is 10.2 Å². The van der Waals surface area contributed by atoms with Crippen molar-refractivity contribution < 1.29 is 0 Å². The van der Waals surface area contributed by atoms with Gasteiger partial charge in [-0.15, -0.1) is 0 Å². The summed E-state index contributed by atoms with van der Waals surface area (Å²) in [5.74, 6) is 2.14. The molecule has 1 aliphatic heterocycles. The molecular formula is C15H23N3S. The highest BCUT2D eigenvalue weighted by atomic mass is 32.2. The lowest BCUT2D eigenvalue weighted by atomic mass is 10.0. The number of thioether (sulfide) groups is 1. The van der Waals surface area contributed by atoms with E-state index in [0.29, 0.717) is 0 Å². The van der Waals surface area contributed by atoms with Crippen molar-refractivity contribution >= 4 is 17.7 Å². The number of fused-ring (bicyclic) bond motifs is 1. The van der Waals surface area contributed by atoms with Crippen molar-refractivity contribution in [3.05, 3.63) is 35.4 Å². The van der Waals surface area contributed by atoms with Gasteiger partial charge in [-0.2, -0.15) is 11.8 Å². The molecule has 2 rings (SSSR count). The normalized spacial score (nSPS) is 15.3. The van der Waals surface area contributed by atoms with E-state index in [0.717, 1.165) is 44.3 Å². The van der Waals surface area contributed by atoms with Crippen LogP contribution in [0.5, 0.6) is 0 Å². The van der Waals surface area contributed by atoms with E-state index in [9.17, 15) is 0 Å². The average molecular weight is 277 g/mol. The Morgan fingerprint density at radius 3 is 2.89 bits per heavy atom. The summed E-state index contributed by atoms with van der Waals surface area (Å²) in [5, 5.41) is 3.41. The summed E-state index contributed by atoms with van der Waals surface area (Å²) in [4.78, 5) is 7.08. The minimum Gasteiger partial charge on any atom is -0.357 e. The zero-order valence-corrected chi connectivity index (χ0v) is 12.7. The van der Waals surface area contributed by atoms with E-state index in [2.05, 4.69) is 47.7 Å². The van der Waals surface area contributed by atoms with E-state index in [-0.39, 0.29) is 0 Å². The number of rotatable bonds is 4. The molecule has 19 heavy (non-hydrogen) atoms. The molecule has 0 atom stereocenters. The molecule has 0 bridgehead atoms. The molecule has 1 aliphatic rings. The van der Waals surface area contributed by atoms with Gasteiger partial charge in [0, 0.05) is 25.4 Å². The van der Waals surface area contributed by atoms with Crippen LogP contribution in [0.25, 0.3) is 0 Å². The van der Waals surface area contributed by atoms with Gasteiger partial charge in [-0.25, -0.2) is 0 Å². The molecule has 0 aliphatic carbocycles. The van der Waals surface area contributed by atoms with Crippen LogP contribution in [0.4, 0.5) is 0 Å². The maximum Gasteiger partial charge on any atom is 0.194 e. The highest BCUT2D eigenvalue weighted by Gasteiger charge is 2.18. The van der Waals surface area contributed by atoms with Gasteiger partial charge in [0.25, 0.3) is 0 Å². The summed E-state index contributed by atoms with van der Waals surface area (Å²) < 4.78 is 0. The van der Waals surface area contributed by atoms with Gasteiger partial charge >= 0.3 is 0 Å². The summed E-state index contributed by atoms with van der Waals surface area (Å²) in [6, 6.07) is 8.73. The minimum absolute atomic E-state index is 0.891. The summed E-state index contributed by atoms with van der Waals surface area (Å²) in [5.41, 5.74) is 2.92. The van der Waals surface area contributed by atoms with Crippen LogP contribution in [0.2, 0.25) is 0 Å². The van der Waals surface area contributed by atoms with Crippen molar-refractivity contribution in [1.29, 1.82) is 0 Å². The standard InChI is InChI=1S/C15H23N3S/c1-3-16-15(17-9-11-19-2)18-10-8-13-6-4-5-7-14(13)12-18/h4-7H,3,8-12H2,1-2H3,(H,16,17). The molecule has 0 amide bonds. The molecule has 0 aromatic heterocycles. The molecule has 104 valence electrons. The lowest BCUT2D eigenvalue weighted by Crippen LogP contribution is -2.44. The molecule has 3 nitrogen and oxygen atoms in total. The van der Waals surface area contributed by atoms with Gasteiger partial charge in [0.15, 0.2) is 5.96 Å². The van der Waals surface area contributed by atoms with Crippen molar-refractivity contribution in [3.8, 4) is 0 Å².